The highest BCUT2D eigenvalue weighted by Gasteiger charge is 2.30. The number of nitrogens with two attached hydrogens (primary N) is 1. The maximum Gasteiger partial charge on any atom is 0.255 e. The van der Waals surface area contributed by atoms with Crippen LogP contribution in [0.5, 0.6) is 0 Å². The molecule has 2 heterocycles. The van der Waals surface area contributed by atoms with Crippen LogP contribution in [0, 0.1) is 5.82 Å². The van der Waals surface area contributed by atoms with E-state index in [0.29, 0.717) is 35.1 Å². The summed E-state index contributed by atoms with van der Waals surface area (Å²) in [6.45, 7) is 0.412. The van der Waals surface area contributed by atoms with Gasteiger partial charge in [-0.05, 0) is 24.5 Å². The van der Waals surface area contributed by atoms with E-state index in [1.54, 1.807) is 18.2 Å². The minimum Gasteiger partial charge on any atom is -0.364 e. The predicted molar refractivity (Wildman–Crippen MR) is 84.7 cm³/mol. The quantitative estimate of drug-likeness (QED) is 0.867. The van der Waals surface area contributed by atoms with E-state index in [1.807, 2.05) is 0 Å². The number of aromatic nitrogens is 2. The van der Waals surface area contributed by atoms with Crippen LogP contribution < -0.4 is 11.1 Å². The van der Waals surface area contributed by atoms with Crippen molar-refractivity contribution in [1.29, 1.82) is 0 Å². The number of amides is 1. The summed E-state index contributed by atoms with van der Waals surface area (Å²) in [5.74, 6) is -0.519. The third-order valence-electron chi connectivity index (χ3n) is 3.66. The summed E-state index contributed by atoms with van der Waals surface area (Å²) in [7, 11) is 0. The maximum absolute atomic E-state index is 13.6. The number of halogens is 1. The van der Waals surface area contributed by atoms with Crippen LogP contribution in [0.1, 0.15) is 23.4 Å². The molecule has 1 aliphatic rings. The Morgan fingerprint density at radius 3 is 2.96 bits per heavy atom. The number of hydrogen-bond acceptors (Lipinski definition) is 6. The Morgan fingerprint density at radius 2 is 2.22 bits per heavy atom. The zero-order valence-corrected chi connectivity index (χ0v) is 13.2. The van der Waals surface area contributed by atoms with Crippen molar-refractivity contribution >= 4 is 22.4 Å². The molecule has 0 aliphatic carbocycles. The van der Waals surface area contributed by atoms with Crippen LogP contribution in [0.4, 0.5) is 9.52 Å². The molecule has 0 saturated carbocycles. The van der Waals surface area contributed by atoms with E-state index in [-0.39, 0.29) is 17.8 Å². The van der Waals surface area contributed by atoms with Crippen molar-refractivity contribution in [2.24, 2.45) is 5.73 Å². The van der Waals surface area contributed by atoms with Crippen molar-refractivity contribution in [3.8, 4) is 0 Å². The molecular formula is C15H17FN4O2S. The first-order valence-corrected chi connectivity index (χ1v) is 8.19. The van der Waals surface area contributed by atoms with Crippen LogP contribution in [-0.2, 0) is 16.0 Å². The van der Waals surface area contributed by atoms with Crippen molar-refractivity contribution in [3.63, 3.8) is 0 Å². The Morgan fingerprint density at radius 1 is 1.39 bits per heavy atom. The lowest BCUT2D eigenvalue weighted by molar-refractivity contribution is -0.126. The van der Waals surface area contributed by atoms with Crippen LogP contribution in [0.2, 0.25) is 0 Å². The fourth-order valence-corrected chi connectivity index (χ4v) is 3.20. The van der Waals surface area contributed by atoms with E-state index < -0.39 is 6.10 Å². The average molecular weight is 336 g/mol. The first-order valence-electron chi connectivity index (χ1n) is 7.38. The van der Waals surface area contributed by atoms with Crippen molar-refractivity contribution < 1.29 is 13.9 Å². The van der Waals surface area contributed by atoms with Crippen molar-refractivity contribution in [3.05, 3.63) is 40.7 Å². The van der Waals surface area contributed by atoms with Gasteiger partial charge in [0.2, 0.25) is 5.13 Å². The second-order valence-corrected chi connectivity index (χ2v) is 6.38. The molecule has 23 heavy (non-hydrogen) atoms. The molecule has 1 amide bonds. The molecule has 3 rings (SSSR count). The molecule has 3 N–H and O–H groups in total. The maximum atomic E-state index is 13.6. The largest absolute Gasteiger partial charge is 0.364 e. The Hall–Kier alpha value is -1.90. The highest BCUT2D eigenvalue weighted by molar-refractivity contribution is 7.15. The summed E-state index contributed by atoms with van der Waals surface area (Å²) in [4.78, 5) is 12.1. The Labute approximate surface area is 136 Å². The van der Waals surface area contributed by atoms with Gasteiger partial charge in [-0.15, -0.1) is 10.2 Å². The molecule has 0 bridgehead atoms. The summed E-state index contributed by atoms with van der Waals surface area (Å²) in [6.07, 6.45) is 1.21. The number of hydrogen-bond donors (Lipinski definition) is 2. The first kappa shape index (κ1) is 16.0. The van der Waals surface area contributed by atoms with Gasteiger partial charge in [-0.25, -0.2) is 4.39 Å². The average Bonchev–Trinajstić information content (AvgIpc) is 3.19. The normalized spacial score (nSPS) is 20.6. The smallest absolute Gasteiger partial charge is 0.255 e. The van der Waals surface area contributed by atoms with Crippen LogP contribution >= 0.6 is 11.3 Å². The third-order valence-corrected chi connectivity index (χ3v) is 4.50. The molecule has 8 heteroatoms. The number of nitrogens with one attached hydrogen (secondary N) is 1. The fourth-order valence-electron chi connectivity index (χ4n) is 2.44. The van der Waals surface area contributed by atoms with Crippen molar-refractivity contribution in [2.45, 2.75) is 31.5 Å². The van der Waals surface area contributed by atoms with E-state index >= 15 is 0 Å². The van der Waals surface area contributed by atoms with Gasteiger partial charge in [0.25, 0.3) is 5.91 Å². The van der Waals surface area contributed by atoms with Crippen LogP contribution in [0.3, 0.4) is 0 Å². The van der Waals surface area contributed by atoms with Gasteiger partial charge in [0.05, 0.1) is 6.10 Å². The monoisotopic (exact) mass is 336 g/mol. The number of anilines is 1. The molecule has 0 radical (unpaired) electrons. The zero-order valence-electron chi connectivity index (χ0n) is 12.4. The molecule has 122 valence electrons. The lowest BCUT2D eigenvalue weighted by atomic mass is 10.1. The lowest BCUT2D eigenvalue weighted by Crippen LogP contribution is -2.29. The SMILES string of the molecule is NC[C@H]1CC[C@@H](C(=O)Nc2nnc(Cc3ccccc3F)s2)O1. The number of carbonyl (C=O) groups is 1. The molecule has 0 unspecified atom stereocenters. The number of ether oxygens (including phenoxy) is 1. The highest BCUT2D eigenvalue weighted by atomic mass is 32.1. The molecule has 2 atom stereocenters. The number of benzene rings is 1. The number of rotatable bonds is 5. The summed E-state index contributed by atoms with van der Waals surface area (Å²) in [6, 6.07) is 6.52. The van der Waals surface area contributed by atoms with Crippen LogP contribution in [0.15, 0.2) is 24.3 Å². The Kier molecular flexibility index (Phi) is 4.94. The minimum atomic E-state index is -0.498. The minimum absolute atomic E-state index is 0.0585. The van der Waals surface area contributed by atoms with E-state index in [9.17, 15) is 9.18 Å². The summed E-state index contributed by atoms with van der Waals surface area (Å²) in [5.41, 5.74) is 6.08. The topological polar surface area (TPSA) is 90.1 Å². The molecule has 1 aliphatic heterocycles. The molecule has 1 saturated heterocycles. The Balaban J connectivity index is 1.59. The summed E-state index contributed by atoms with van der Waals surface area (Å²) in [5, 5.41) is 11.6. The van der Waals surface area contributed by atoms with Gasteiger partial charge in [-0.2, -0.15) is 0 Å². The van der Waals surface area contributed by atoms with Crippen molar-refractivity contribution in [1.82, 2.24) is 10.2 Å². The lowest BCUT2D eigenvalue weighted by Gasteiger charge is -2.10. The Bertz CT molecular complexity index is 694. The molecule has 6 nitrogen and oxygen atoms in total. The molecular weight excluding hydrogens is 319 g/mol. The summed E-state index contributed by atoms with van der Waals surface area (Å²) >= 11 is 1.23. The van der Waals surface area contributed by atoms with Crippen molar-refractivity contribution in [2.75, 3.05) is 11.9 Å². The molecule has 2 aromatic rings. The molecule has 1 aromatic heterocycles. The van der Waals surface area contributed by atoms with Gasteiger partial charge in [0.15, 0.2) is 0 Å². The fraction of sp³-hybridized carbons (Fsp3) is 0.400. The predicted octanol–water partition coefficient (Wildman–Crippen LogP) is 1.71. The van der Waals surface area contributed by atoms with Crippen LogP contribution in [-0.4, -0.2) is 34.9 Å². The van der Waals surface area contributed by atoms with Gasteiger partial charge < -0.3 is 10.5 Å². The molecule has 0 spiro atoms. The summed E-state index contributed by atoms with van der Waals surface area (Å²) < 4.78 is 19.2. The second-order valence-electron chi connectivity index (χ2n) is 5.32. The third kappa shape index (κ3) is 3.90. The molecule has 1 aromatic carbocycles. The van der Waals surface area contributed by atoms with Gasteiger partial charge in [0.1, 0.15) is 16.9 Å². The first-order chi connectivity index (χ1) is 11.2. The van der Waals surface area contributed by atoms with Gasteiger partial charge in [-0.3, -0.25) is 10.1 Å². The standard InChI is InChI=1S/C15H17FN4O2S/c16-11-4-2-1-3-9(11)7-13-19-20-15(23-13)18-14(21)12-6-5-10(8-17)22-12/h1-4,10,12H,5-8,17H2,(H,18,20,21)/t10-,12+/m1/s1. The van der Waals surface area contributed by atoms with E-state index in [4.69, 9.17) is 10.5 Å². The zero-order chi connectivity index (χ0) is 16.2. The number of carbonyl (C=O) groups excluding carboxylic acids is 1. The number of nitrogens with zero attached hydrogens (tertiary/aromatic N) is 2. The van der Waals surface area contributed by atoms with Gasteiger partial charge in [-0.1, -0.05) is 29.5 Å². The van der Waals surface area contributed by atoms with Crippen LogP contribution in [0.25, 0.3) is 0 Å². The van der Waals surface area contributed by atoms with Gasteiger partial charge in [0, 0.05) is 13.0 Å². The van der Waals surface area contributed by atoms with E-state index in [1.165, 1.54) is 17.4 Å². The van der Waals surface area contributed by atoms with E-state index in [2.05, 4.69) is 15.5 Å². The molecule has 1 fully saturated rings. The van der Waals surface area contributed by atoms with Gasteiger partial charge >= 0.3 is 0 Å². The highest BCUT2D eigenvalue weighted by Crippen LogP contribution is 2.23. The van der Waals surface area contributed by atoms with E-state index in [0.717, 1.165) is 6.42 Å². The second kappa shape index (κ2) is 7.12.